The molecule has 0 bridgehead atoms. The fourth-order valence-electron chi connectivity index (χ4n) is 0. The summed E-state index contributed by atoms with van der Waals surface area (Å²) in [4.78, 5) is 0. The second-order valence-corrected chi connectivity index (χ2v) is 0. The van der Waals surface area contributed by atoms with Crippen molar-refractivity contribution in [1.82, 2.24) is 0 Å². The normalized spacial score (nSPS) is 0. The Hall–Kier alpha value is 3.95. The van der Waals surface area contributed by atoms with E-state index >= 15 is 0 Å². The Labute approximate surface area is 122 Å². The minimum Gasteiger partial charge on any atom is -0.412 e. The second-order valence-electron chi connectivity index (χ2n) is 0. The third-order valence-electron chi connectivity index (χ3n) is 0. The van der Waals surface area contributed by atoms with Gasteiger partial charge < -0.3 is 5.48 Å². The molecule has 0 aromatic carbocycles. The molecule has 4 heteroatoms. The molecule has 0 fully saturated rings. The van der Waals surface area contributed by atoms with E-state index in [1.165, 1.54) is 0 Å². The zero-order valence-corrected chi connectivity index (χ0v) is 10.8. The van der Waals surface area contributed by atoms with Gasteiger partial charge in [0.05, 0.1) is 0 Å². The first-order chi connectivity index (χ1) is 0. The molecule has 0 unspecified atom stereocenters. The molecular formula is H2DyNdOPr. The van der Waals surface area contributed by atoms with Crippen LogP contribution in [0.2, 0.25) is 0 Å². The number of rotatable bonds is 0. The van der Waals surface area contributed by atoms with Gasteiger partial charge in [0.15, 0.2) is 0 Å². The van der Waals surface area contributed by atoms with Crippen LogP contribution < -0.4 is 0 Å². The van der Waals surface area contributed by atoms with Crippen LogP contribution in [0.3, 0.4) is 0 Å². The van der Waals surface area contributed by atoms with Crippen molar-refractivity contribution in [3.63, 3.8) is 0 Å². The van der Waals surface area contributed by atoms with E-state index in [2.05, 4.69) is 0 Å². The summed E-state index contributed by atoms with van der Waals surface area (Å²) in [6, 6.07) is 0. The fraction of sp³-hybridized carbons (Fsp3) is 0. The predicted octanol–water partition coefficient (Wildman–Crippen LogP) is -0.825. The topological polar surface area (TPSA) is 31.5 Å². The van der Waals surface area contributed by atoms with Gasteiger partial charge in [0.2, 0.25) is 0 Å². The second kappa shape index (κ2) is 15.8. The van der Waals surface area contributed by atoms with Crippen LogP contribution in [0.25, 0.3) is 0 Å². The molecule has 2 N–H and O–H groups in total. The number of hydrogen-bond donors (Lipinski definition) is 0. The van der Waals surface area contributed by atoms with E-state index in [-0.39, 0.29) is 126 Å². The largest absolute Gasteiger partial charge is 0.412 e. The Morgan fingerprint density at radius 2 is 1.00 bits per heavy atom. The van der Waals surface area contributed by atoms with Gasteiger partial charge in [0.25, 0.3) is 0 Å². The van der Waals surface area contributed by atoms with Gasteiger partial charge in [-0.3, -0.25) is 0 Å². The molecule has 0 heterocycles. The maximum atomic E-state index is 0. The molecule has 0 aliphatic heterocycles. The molecule has 0 aliphatic carbocycles. The first-order valence-electron chi connectivity index (χ1n) is 0. The molecule has 0 amide bonds. The Morgan fingerprint density at radius 1 is 1.00 bits per heavy atom. The molecule has 0 saturated carbocycles. The van der Waals surface area contributed by atoms with Gasteiger partial charge in [-0.15, -0.1) is 0 Å². The maximum Gasteiger partial charge on any atom is 0 e. The quantitative estimate of drug-likeness (QED) is 0.448. The zero-order chi connectivity index (χ0) is 0. The van der Waals surface area contributed by atoms with Crippen molar-refractivity contribution in [2.24, 2.45) is 0 Å². The van der Waals surface area contributed by atoms with Crippen LogP contribution in [-0.2, 0) is 0 Å². The zero-order valence-electron chi connectivity index (χ0n) is 1.89. The molecule has 0 aromatic heterocycles. The van der Waals surface area contributed by atoms with Crippen molar-refractivity contribution < 1.29 is 126 Å². The Bertz CT molecular complexity index is 8.00. The molecule has 0 atom stereocenters. The van der Waals surface area contributed by atoms with Gasteiger partial charge >= 0.3 is 0 Å². The van der Waals surface area contributed by atoms with Crippen LogP contribution in [0.4, 0.5) is 0 Å². The molecule has 4 heavy (non-hydrogen) atoms. The summed E-state index contributed by atoms with van der Waals surface area (Å²) >= 11 is 0. The summed E-state index contributed by atoms with van der Waals surface area (Å²) in [5.41, 5.74) is 0. The molecule has 25 valence electrons. The Balaban J connectivity index is 0. The average Bonchev–Trinajstić information content (AvgIpc) is 0. The third kappa shape index (κ3) is 9.34. The summed E-state index contributed by atoms with van der Waals surface area (Å²) < 4.78 is 0. The molecule has 1 nitrogen and oxygen atoms in total. The summed E-state index contributed by atoms with van der Waals surface area (Å²) in [5.74, 6) is 0. The monoisotopic (exact) mass is 465 g/mol. The van der Waals surface area contributed by atoms with Crippen molar-refractivity contribution in [1.29, 1.82) is 0 Å². The van der Waals surface area contributed by atoms with Gasteiger partial charge in [-0.2, -0.15) is 0 Å². The Morgan fingerprint density at radius 3 is 1.00 bits per heavy atom. The summed E-state index contributed by atoms with van der Waals surface area (Å²) in [5, 5.41) is 0. The summed E-state index contributed by atoms with van der Waals surface area (Å²) in [6.45, 7) is 0. The van der Waals surface area contributed by atoms with Crippen molar-refractivity contribution in [3.8, 4) is 0 Å². The predicted molar refractivity (Wildman–Crippen MR) is 3.61 cm³/mol. The van der Waals surface area contributed by atoms with Crippen LogP contribution in [0.1, 0.15) is 0 Å². The van der Waals surface area contributed by atoms with E-state index in [0.717, 1.165) is 0 Å². The van der Waals surface area contributed by atoms with Crippen molar-refractivity contribution >= 4 is 0 Å². The van der Waals surface area contributed by atoms with Crippen molar-refractivity contribution in [3.05, 3.63) is 0 Å². The van der Waals surface area contributed by atoms with E-state index in [1.54, 1.807) is 0 Å². The van der Waals surface area contributed by atoms with E-state index in [1.807, 2.05) is 0 Å². The third-order valence-corrected chi connectivity index (χ3v) is 0. The standard InChI is InChI=1S/Dy.Nd.H2O.Pr/h;;1H2;. The van der Waals surface area contributed by atoms with Gasteiger partial charge in [-0.25, -0.2) is 0 Å². The maximum absolute atomic E-state index is 0. The van der Waals surface area contributed by atoms with Crippen LogP contribution >= 0.6 is 0 Å². The van der Waals surface area contributed by atoms with E-state index in [4.69, 9.17) is 0 Å². The van der Waals surface area contributed by atoms with Gasteiger partial charge in [0.1, 0.15) is 0 Å². The van der Waals surface area contributed by atoms with Crippen molar-refractivity contribution in [2.45, 2.75) is 0 Å². The van der Waals surface area contributed by atoms with E-state index in [0.29, 0.717) is 0 Å². The van der Waals surface area contributed by atoms with E-state index in [9.17, 15) is 0 Å². The SMILES string of the molecule is O.[Dy].[Nd].[Pr]. The number of hydrogen-bond acceptors (Lipinski definition) is 0. The van der Waals surface area contributed by atoms with Crippen LogP contribution in [0.5, 0.6) is 0 Å². The first-order valence-corrected chi connectivity index (χ1v) is 0. The molecule has 0 aliphatic rings. The van der Waals surface area contributed by atoms with Crippen molar-refractivity contribution in [2.75, 3.05) is 0 Å². The molecule has 0 rings (SSSR count). The molecule has 0 saturated heterocycles. The van der Waals surface area contributed by atoms with Crippen LogP contribution in [0.15, 0.2) is 0 Å². The van der Waals surface area contributed by atoms with Crippen LogP contribution in [-0.4, -0.2) is 5.48 Å². The van der Waals surface area contributed by atoms with Gasteiger partial charge in [0, 0.05) is 120 Å². The van der Waals surface area contributed by atoms with E-state index < -0.39 is 0 Å². The van der Waals surface area contributed by atoms with Crippen LogP contribution in [0, 0.1) is 120 Å². The Kier molecular flexibility index (Phi) is 97.1. The minimum absolute atomic E-state index is 0. The van der Waals surface area contributed by atoms with Gasteiger partial charge in [-0.05, 0) is 0 Å². The minimum atomic E-state index is 0. The average molecular weight is 466 g/mol. The summed E-state index contributed by atoms with van der Waals surface area (Å²) in [6.07, 6.45) is 0. The smallest absolute Gasteiger partial charge is 0 e. The first kappa shape index (κ1) is 24.6. The summed E-state index contributed by atoms with van der Waals surface area (Å²) in [7, 11) is 0. The molecule has 1 radical (unpaired) electrons. The van der Waals surface area contributed by atoms with Gasteiger partial charge in [-0.1, -0.05) is 0 Å². The fourth-order valence-corrected chi connectivity index (χ4v) is 0. The molecule has 0 aromatic rings. The molecular weight excluding hydrogens is 464 g/mol. The molecule has 0 spiro atoms.